The highest BCUT2D eigenvalue weighted by Crippen LogP contribution is 2.16. The van der Waals surface area contributed by atoms with Gasteiger partial charge in [-0.3, -0.25) is 0 Å². The molecule has 2 N–H and O–H groups in total. The van der Waals surface area contributed by atoms with E-state index in [0.717, 1.165) is 24.7 Å². The summed E-state index contributed by atoms with van der Waals surface area (Å²) in [6, 6.07) is 0.755. The molecule has 0 spiro atoms. The van der Waals surface area contributed by atoms with Crippen LogP contribution in [-0.2, 0) is 6.54 Å². The first-order valence-electron chi connectivity index (χ1n) is 6.70. The minimum atomic E-state index is 0.647. The van der Waals surface area contributed by atoms with Gasteiger partial charge in [-0.15, -0.1) is 0 Å². The molecule has 1 fully saturated rings. The molecule has 0 saturated carbocycles. The van der Waals surface area contributed by atoms with Crippen LogP contribution >= 0.6 is 0 Å². The van der Waals surface area contributed by atoms with Gasteiger partial charge in [0.05, 0.1) is 5.69 Å². The summed E-state index contributed by atoms with van der Waals surface area (Å²) in [5.41, 5.74) is 6.83. The molecular weight excluding hydrogens is 212 g/mol. The van der Waals surface area contributed by atoms with Crippen LogP contribution in [0.1, 0.15) is 38.3 Å². The van der Waals surface area contributed by atoms with E-state index in [1.54, 1.807) is 0 Å². The summed E-state index contributed by atoms with van der Waals surface area (Å²) >= 11 is 0. The molecule has 1 aromatic heterocycles. The standard InChI is InChI=1S/C13H24N4/c1-11-10-17(13(14)15-11)9-5-8-16-7-4-3-6-12(16)2/h10,12H,3-9H2,1-2H3,(H2,14,15). The Kier molecular flexibility index (Phi) is 4.05. The summed E-state index contributed by atoms with van der Waals surface area (Å²) in [5, 5.41) is 0. The first-order valence-corrected chi connectivity index (χ1v) is 6.70. The van der Waals surface area contributed by atoms with E-state index in [0.29, 0.717) is 5.95 Å². The van der Waals surface area contributed by atoms with Gasteiger partial charge in [0.1, 0.15) is 0 Å². The van der Waals surface area contributed by atoms with Crippen molar-refractivity contribution >= 4 is 5.95 Å². The maximum Gasteiger partial charge on any atom is 0.200 e. The summed E-state index contributed by atoms with van der Waals surface area (Å²) in [6.07, 6.45) is 7.30. The van der Waals surface area contributed by atoms with Gasteiger partial charge in [0.25, 0.3) is 0 Å². The van der Waals surface area contributed by atoms with Crippen LogP contribution in [0.25, 0.3) is 0 Å². The smallest absolute Gasteiger partial charge is 0.200 e. The van der Waals surface area contributed by atoms with E-state index in [9.17, 15) is 0 Å². The third-order valence-corrected chi connectivity index (χ3v) is 3.71. The number of aromatic nitrogens is 2. The molecular formula is C13H24N4. The fraction of sp³-hybridized carbons (Fsp3) is 0.769. The number of hydrogen-bond donors (Lipinski definition) is 1. The molecule has 4 nitrogen and oxygen atoms in total. The highest BCUT2D eigenvalue weighted by atomic mass is 15.2. The number of anilines is 1. The molecule has 0 aromatic carbocycles. The average Bonchev–Trinajstić information content (AvgIpc) is 2.60. The van der Waals surface area contributed by atoms with Crippen LogP contribution in [0.3, 0.4) is 0 Å². The van der Waals surface area contributed by atoms with Crippen LogP contribution < -0.4 is 5.73 Å². The molecule has 1 aliphatic rings. The van der Waals surface area contributed by atoms with Gasteiger partial charge in [-0.2, -0.15) is 0 Å². The minimum Gasteiger partial charge on any atom is -0.369 e. The van der Waals surface area contributed by atoms with Crippen LogP contribution in [0.15, 0.2) is 6.20 Å². The number of nitrogens with zero attached hydrogens (tertiary/aromatic N) is 3. The van der Waals surface area contributed by atoms with Crippen molar-refractivity contribution in [2.24, 2.45) is 0 Å². The van der Waals surface area contributed by atoms with E-state index in [1.165, 1.54) is 32.4 Å². The monoisotopic (exact) mass is 236 g/mol. The molecule has 1 aliphatic heterocycles. The largest absolute Gasteiger partial charge is 0.369 e. The Bertz CT molecular complexity index is 358. The Morgan fingerprint density at radius 2 is 2.24 bits per heavy atom. The Morgan fingerprint density at radius 3 is 2.88 bits per heavy atom. The first-order chi connectivity index (χ1) is 8.16. The van der Waals surface area contributed by atoms with Crippen molar-refractivity contribution in [2.45, 2.75) is 52.1 Å². The maximum atomic E-state index is 5.83. The minimum absolute atomic E-state index is 0.647. The highest BCUT2D eigenvalue weighted by Gasteiger charge is 2.17. The summed E-state index contributed by atoms with van der Waals surface area (Å²) < 4.78 is 2.06. The average molecular weight is 236 g/mol. The number of rotatable bonds is 4. The normalized spacial score (nSPS) is 21.9. The van der Waals surface area contributed by atoms with Crippen molar-refractivity contribution in [1.82, 2.24) is 14.5 Å². The van der Waals surface area contributed by atoms with Crippen molar-refractivity contribution in [3.05, 3.63) is 11.9 Å². The summed E-state index contributed by atoms with van der Waals surface area (Å²) in [6.45, 7) is 7.75. The van der Waals surface area contributed by atoms with Crippen molar-refractivity contribution in [1.29, 1.82) is 0 Å². The van der Waals surface area contributed by atoms with Crippen LogP contribution in [-0.4, -0.2) is 33.6 Å². The van der Waals surface area contributed by atoms with Gasteiger partial charge in [-0.1, -0.05) is 6.42 Å². The van der Waals surface area contributed by atoms with Gasteiger partial charge >= 0.3 is 0 Å². The maximum absolute atomic E-state index is 5.83. The fourth-order valence-corrected chi connectivity index (χ4v) is 2.68. The fourth-order valence-electron chi connectivity index (χ4n) is 2.68. The molecule has 4 heteroatoms. The summed E-state index contributed by atoms with van der Waals surface area (Å²) in [5.74, 6) is 0.647. The predicted octanol–water partition coefficient (Wildman–Crippen LogP) is 2.04. The number of likely N-dealkylation sites (tertiary alicyclic amines) is 1. The predicted molar refractivity (Wildman–Crippen MR) is 70.9 cm³/mol. The number of nitrogens with two attached hydrogens (primary N) is 1. The van der Waals surface area contributed by atoms with E-state index >= 15 is 0 Å². The number of nitrogen functional groups attached to an aromatic ring is 1. The number of piperidine rings is 1. The van der Waals surface area contributed by atoms with E-state index in [-0.39, 0.29) is 0 Å². The zero-order valence-corrected chi connectivity index (χ0v) is 11.0. The lowest BCUT2D eigenvalue weighted by Crippen LogP contribution is -2.38. The van der Waals surface area contributed by atoms with Gasteiger partial charge in [0.15, 0.2) is 5.95 Å². The quantitative estimate of drug-likeness (QED) is 0.870. The lowest BCUT2D eigenvalue weighted by molar-refractivity contribution is 0.157. The third-order valence-electron chi connectivity index (χ3n) is 3.71. The van der Waals surface area contributed by atoms with E-state index < -0.39 is 0 Å². The third kappa shape index (κ3) is 3.22. The van der Waals surface area contributed by atoms with E-state index in [2.05, 4.69) is 21.4 Å². The molecule has 0 amide bonds. The van der Waals surface area contributed by atoms with Crippen molar-refractivity contribution < 1.29 is 0 Å². The molecule has 2 rings (SSSR count). The SMILES string of the molecule is Cc1cn(CCCN2CCCCC2C)c(N)n1. The van der Waals surface area contributed by atoms with Crippen molar-refractivity contribution in [2.75, 3.05) is 18.8 Å². The van der Waals surface area contributed by atoms with E-state index in [1.807, 2.05) is 13.1 Å². The molecule has 1 saturated heterocycles. The van der Waals surface area contributed by atoms with Gasteiger partial charge in [-0.05, 0) is 39.7 Å². The lowest BCUT2D eigenvalue weighted by Gasteiger charge is -2.33. The van der Waals surface area contributed by atoms with Crippen LogP contribution in [0.5, 0.6) is 0 Å². The number of imidazole rings is 1. The summed E-state index contributed by atoms with van der Waals surface area (Å²) in [4.78, 5) is 6.82. The van der Waals surface area contributed by atoms with Gasteiger partial charge < -0.3 is 15.2 Å². The molecule has 96 valence electrons. The van der Waals surface area contributed by atoms with Gasteiger partial charge in [0, 0.05) is 25.3 Å². The molecule has 0 radical (unpaired) electrons. The topological polar surface area (TPSA) is 47.1 Å². The zero-order chi connectivity index (χ0) is 12.3. The number of hydrogen-bond acceptors (Lipinski definition) is 3. The molecule has 1 unspecified atom stereocenters. The second-order valence-electron chi connectivity index (χ2n) is 5.17. The van der Waals surface area contributed by atoms with Crippen molar-refractivity contribution in [3.63, 3.8) is 0 Å². The molecule has 0 aliphatic carbocycles. The van der Waals surface area contributed by atoms with Crippen LogP contribution in [0, 0.1) is 6.92 Å². The molecule has 0 bridgehead atoms. The zero-order valence-electron chi connectivity index (χ0n) is 11.0. The highest BCUT2D eigenvalue weighted by molar-refractivity contribution is 5.20. The Morgan fingerprint density at radius 1 is 1.41 bits per heavy atom. The molecule has 1 atom stereocenters. The summed E-state index contributed by atoms with van der Waals surface area (Å²) in [7, 11) is 0. The van der Waals surface area contributed by atoms with Gasteiger partial charge in [-0.25, -0.2) is 4.98 Å². The Labute approximate surface area is 104 Å². The lowest BCUT2D eigenvalue weighted by atomic mass is 10.0. The Balaban J connectivity index is 1.77. The van der Waals surface area contributed by atoms with Crippen LogP contribution in [0.2, 0.25) is 0 Å². The first kappa shape index (κ1) is 12.4. The van der Waals surface area contributed by atoms with Gasteiger partial charge in [0.2, 0.25) is 0 Å². The second kappa shape index (κ2) is 5.54. The van der Waals surface area contributed by atoms with Crippen LogP contribution in [0.4, 0.5) is 5.95 Å². The molecule has 1 aromatic rings. The van der Waals surface area contributed by atoms with E-state index in [4.69, 9.17) is 5.73 Å². The Hall–Kier alpha value is -1.03. The molecule has 2 heterocycles. The van der Waals surface area contributed by atoms with Crippen molar-refractivity contribution in [3.8, 4) is 0 Å². The molecule has 17 heavy (non-hydrogen) atoms. The second-order valence-corrected chi connectivity index (χ2v) is 5.17. The number of aryl methyl sites for hydroxylation is 2.